The average molecular weight is 193 g/mol. The van der Waals surface area contributed by atoms with Crippen LogP contribution in [0.5, 0.6) is 0 Å². The number of aliphatic hydroxyl groups excluding tert-OH is 1. The number of thioether (sulfide) groups is 1. The lowest BCUT2D eigenvalue weighted by Crippen LogP contribution is -2.24. The number of hydrogen-bond donors (Lipinski definition) is 2. The molecule has 4 heteroatoms. The van der Waals surface area contributed by atoms with Crippen molar-refractivity contribution < 1.29 is 9.84 Å². The van der Waals surface area contributed by atoms with Crippen molar-refractivity contribution in [2.24, 2.45) is 0 Å². The van der Waals surface area contributed by atoms with Gasteiger partial charge in [0, 0.05) is 19.4 Å². The first kappa shape index (κ1) is 12.2. The number of nitrogens with one attached hydrogen (secondary N) is 1. The average Bonchev–Trinajstić information content (AvgIpc) is 2.05. The maximum Gasteiger partial charge on any atom is 0.0785 e. The Kier molecular flexibility index (Phi) is 9.50. The van der Waals surface area contributed by atoms with Crippen molar-refractivity contribution >= 4 is 11.8 Å². The highest BCUT2D eigenvalue weighted by molar-refractivity contribution is 7.98. The molecule has 0 saturated heterocycles. The first-order valence-electron chi connectivity index (χ1n) is 4.18. The van der Waals surface area contributed by atoms with E-state index in [0.717, 1.165) is 25.3 Å². The van der Waals surface area contributed by atoms with Gasteiger partial charge in [-0.05, 0) is 19.2 Å². The van der Waals surface area contributed by atoms with E-state index in [-0.39, 0.29) is 6.10 Å². The standard InChI is InChI=1S/C8H19NO2S/c1-11-7-8(10)3-4-9-5-6-12-2/h8-10H,3-7H2,1-2H3. The molecule has 2 N–H and O–H groups in total. The van der Waals surface area contributed by atoms with Gasteiger partial charge in [-0.15, -0.1) is 0 Å². The molecular weight excluding hydrogens is 174 g/mol. The Hall–Kier alpha value is 0.230. The Morgan fingerprint density at radius 2 is 2.25 bits per heavy atom. The molecule has 0 aromatic heterocycles. The molecule has 0 amide bonds. The minimum atomic E-state index is -0.322. The SMILES string of the molecule is COCC(O)CCNCCSC. The first-order valence-corrected chi connectivity index (χ1v) is 5.57. The molecule has 3 nitrogen and oxygen atoms in total. The van der Waals surface area contributed by atoms with E-state index >= 15 is 0 Å². The molecule has 0 aliphatic rings. The second kappa shape index (κ2) is 9.32. The quantitative estimate of drug-likeness (QED) is 0.545. The molecule has 12 heavy (non-hydrogen) atoms. The zero-order valence-electron chi connectivity index (χ0n) is 7.88. The van der Waals surface area contributed by atoms with E-state index in [9.17, 15) is 5.11 Å². The van der Waals surface area contributed by atoms with Crippen LogP contribution in [0.2, 0.25) is 0 Å². The highest BCUT2D eigenvalue weighted by Gasteiger charge is 2.01. The minimum absolute atomic E-state index is 0.322. The highest BCUT2D eigenvalue weighted by atomic mass is 32.2. The Balaban J connectivity index is 2.97. The number of ether oxygens (including phenoxy) is 1. The summed E-state index contributed by atoms with van der Waals surface area (Å²) in [7, 11) is 1.60. The van der Waals surface area contributed by atoms with Gasteiger partial charge in [-0.3, -0.25) is 0 Å². The summed E-state index contributed by atoms with van der Waals surface area (Å²) in [5, 5.41) is 12.5. The van der Waals surface area contributed by atoms with Crippen LogP contribution in [0.25, 0.3) is 0 Å². The molecule has 1 atom stereocenters. The lowest BCUT2D eigenvalue weighted by Gasteiger charge is -2.09. The molecule has 0 aliphatic heterocycles. The molecule has 0 aromatic rings. The maximum atomic E-state index is 9.24. The highest BCUT2D eigenvalue weighted by Crippen LogP contribution is 1.91. The zero-order chi connectivity index (χ0) is 9.23. The third kappa shape index (κ3) is 8.33. The summed E-state index contributed by atoms with van der Waals surface area (Å²) in [6.07, 6.45) is 2.53. The summed E-state index contributed by atoms with van der Waals surface area (Å²) in [5.74, 6) is 1.13. The Bertz CT molecular complexity index is 93.1. The van der Waals surface area contributed by atoms with Gasteiger partial charge in [0.05, 0.1) is 12.7 Å². The fourth-order valence-electron chi connectivity index (χ4n) is 0.844. The molecule has 0 aliphatic carbocycles. The fourth-order valence-corrected chi connectivity index (χ4v) is 1.19. The van der Waals surface area contributed by atoms with E-state index in [1.807, 2.05) is 11.8 Å². The molecule has 0 saturated carbocycles. The van der Waals surface area contributed by atoms with Crippen LogP contribution < -0.4 is 5.32 Å². The van der Waals surface area contributed by atoms with E-state index in [4.69, 9.17) is 4.74 Å². The molecule has 0 fully saturated rings. The maximum absolute atomic E-state index is 9.24. The van der Waals surface area contributed by atoms with Crippen LogP contribution in [0.1, 0.15) is 6.42 Å². The summed E-state index contributed by atoms with van der Waals surface area (Å²) in [4.78, 5) is 0. The number of rotatable bonds is 8. The molecular formula is C8H19NO2S. The van der Waals surface area contributed by atoms with Crippen molar-refractivity contribution in [1.29, 1.82) is 0 Å². The van der Waals surface area contributed by atoms with Crippen molar-refractivity contribution in [3.05, 3.63) is 0 Å². The molecule has 74 valence electrons. The lowest BCUT2D eigenvalue weighted by atomic mass is 10.3. The van der Waals surface area contributed by atoms with Crippen LogP contribution in [0.3, 0.4) is 0 Å². The Morgan fingerprint density at radius 3 is 2.83 bits per heavy atom. The molecule has 0 heterocycles. The summed E-state index contributed by atoms with van der Waals surface area (Å²) >= 11 is 1.82. The lowest BCUT2D eigenvalue weighted by molar-refractivity contribution is 0.0595. The normalized spacial score (nSPS) is 13.2. The largest absolute Gasteiger partial charge is 0.391 e. The van der Waals surface area contributed by atoms with Gasteiger partial charge >= 0.3 is 0 Å². The van der Waals surface area contributed by atoms with E-state index in [1.165, 1.54) is 0 Å². The van der Waals surface area contributed by atoms with Crippen LogP contribution in [0.4, 0.5) is 0 Å². The summed E-state index contributed by atoms with van der Waals surface area (Å²) in [6.45, 7) is 2.32. The minimum Gasteiger partial charge on any atom is -0.391 e. The third-order valence-corrected chi connectivity index (χ3v) is 2.11. The molecule has 0 aromatic carbocycles. The van der Waals surface area contributed by atoms with Gasteiger partial charge < -0.3 is 15.2 Å². The van der Waals surface area contributed by atoms with Crippen molar-refractivity contribution in [3.8, 4) is 0 Å². The van der Waals surface area contributed by atoms with Gasteiger partial charge in [0.15, 0.2) is 0 Å². The first-order chi connectivity index (χ1) is 5.81. The van der Waals surface area contributed by atoms with Crippen molar-refractivity contribution in [2.75, 3.05) is 38.8 Å². The second-order valence-corrected chi connectivity index (χ2v) is 3.63. The Labute approximate surface area is 78.9 Å². The van der Waals surface area contributed by atoms with Gasteiger partial charge in [0.25, 0.3) is 0 Å². The zero-order valence-corrected chi connectivity index (χ0v) is 8.69. The van der Waals surface area contributed by atoms with Crippen LogP contribution in [0, 0.1) is 0 Å². The van der Waals surface area contributed by atoms with E-state index < -0.39 is 0 Å². The van der Waals surface area contributed by atoms with Gasteiger partial charge in [0.2, 0.25) is 0 Å². The molecule has 0 rings (SSSR count). The van der Waals surface area contributed by atoms with Crippen LogP contribution in [0.15, 0.2) is 0 Å². The summed E-state index contributed by atoms with van der Waals surface area (Å²) in [5.41, 5.74) is 0. The fraction of sp³-hybridized carbons (Fsp3) is 1.00. The van der Waals surface area contributed by atoms with Crippen molar-refractivity contribution in [3.63, 3.8) is 0 Å². The number of methoxy groups -OCH3 is 1. The van der Waals surface area contributed by atoms with E-state index in [1.54, 1.807) is 7.11 Å². The van der Waals surface area contributed by atoms with Gasteiger partial charge in [0.1, 0.15) is 0 Å². The molecule has 0 spiro atoms. The van der Waals surface area contributed by atoms with Crippen LogP contribution >= 0.6 is 11.8 Å². The predicted molar refractivity (Wildman–Crippen MR) is 53.8 cm³/mol. The second-order valence-electron chi connectivity index (χ2n) is 2.64. The predicted octanol–water partition coefficient (Wildman–Crippen LogP) is 0.336. The number of aliphatic hydroxyl groups is 1. The molecule has 1 unspecified atom stereocenters. The van der Waals surface area contributed by atoms with Crippen molar-refractivity contribution in [1.82, 2.24) is 5.32 Å². The van der Waals surface area contributed by atoms with E-state index in [0.29, 0.717) is 6.61 Å². The van der Waals surface area contributed by atoms with Crippen LogP contribution in [-0.2, 0) is 4.74 Å². The monoisotopic (exact) mass is 193 g/mol. The third-order valence-electron chi connectivity index (χ3n) is 1.50. The van der Waals surface area contributed by atoms with E-state index in [2.05, 4.69) is 11.6 Å². The smallest absolute Gasteiger partial charge is 0.0785 e. The molecule has 0 radical (unpaired) electrons. The number of hydrogen-bond acceptors (Lipinski definition) is 4. The molecule has 0 bridgehead atoms. The summed E-state index contributed by atoms with van der Waals surface area (Å²) < 4.78 is 4.80. The summed E-state index contributed by atoms with van der Waals surface area (Å²) in [6, 6.07) is 0. The van der Waals surface area contributed by atoms with Gasteiger partial charge in [-0.1, -0.05) is 0 Å². The van der Waals surface area contributed by atoms with Gasteiger partial charge in [-0.25, -0.2) is 0 Å². The van der Waals surface area contributed by atoms with Crippen molar-refractivity contribution in [2.45, 2.75) is 12.5 Å². The van der Waals surface area contributed by atoms with Crippen LogP contribution in [-0.4, -0.2) is 50.0 Å². The topological polar surface area (TPSA) is 41.5 Å². The van der Waals surface area contributed by atoms with Gasteiger partial charge in [-0.2, -0.15) is 11.8 Å². The Morgan fingerprint density at radius 1 is 1.50 bits per heavy atom.